The molecule has 0 radical (unpaired) electrons. The van der Waals surface area contributed by atoms with Crippen molar-refractivity contribution in [1.29, 1.82) is 0 Å². The number of nitrogens with one attached hydrogen (secondary N) is 1. The maximum atomic E-state index is 11.8. The van der Waals surface area contributed by atoms with E-state index in [1.165, 1.54) is 4.57 Å². The predicted octanol–water partition coefficient (Wildman–Crippen LogP) is 1.81. The fourth-order valence-electron chi connectivity index (χ4n) is 1.98. The highest BCUT2D eigenvalue weighted by atomic mass is 35.5. The molecule has 0 spiro atoms. The zero-order valence-electron chi connectivity index (χ0n) is 11.3. The first kappa shape index (κ1) is 14.4. The molecule has 1 aromatic heterocycles. The number of aromatic nitrogens is 2. The van der Waals surface area contributed by atoms with E-state index >= 15 is 0 Å². The van der Waals surface area contributed by atoms with Gasteiger partial charge in [0.15, 0.2) is 0 Å². The average Bonchev–Trinajstić information content (AvgIpc) is 2.42. The molecular weight excluding hydrogens is 280 g/mol. The lowest BCUT2D eigenvalue weighted by Crippen LogP contribution is -2.31. The fraction of sp³-hybridized carbons (Fsp3) is 0.286. The van der Waals surface area contributed by atoms with E-state index in [9.17, 15) is 9.59 Å². The summed E-state index contributed by atoms with van der Waals surface area (Å²) in [5.41, 5.74) is 0.544. The molecule has 0 fully saturated rings. The summed E-state index contributed by atoms with van der Waals surface area (Å²) in [6.45, 7) is 2.14. The van der Waals surface area contributed by atoms with Crippen LogP contribution in [0.25, 0.3) is 0 Å². The van der Waals surface area contributed by atoms with E-state index < -0.39 is 5.69 Å². The van der Waals surface area contributed by atoms with Crippen LogP contribution in [-0.2, 0) is 13.0 Å². The quantitative estimate of drug-likeness (QED) is 0.935. The van der Waals surface area contributed by atoms with Crippen LogP contribution in [0.1, 0.15) is 18.1 Å². The third kappa shape index (κ3) is 2.93. The van der Waals surface area contributed by atoms with Gasteiger partial charge in [-0.05, 0) is 24.6 Å². The molecule has 6 heteroatoms. The number of methoxy groups -OCH3 is 1. The van der Waals surface area contributed by atoms with E-state index in [1.54, 1.807) is 31.5 Å². The Bertz CT molecular complexity index is 734. The van der Waals surface area contributed by atoms with Crippen molar-refractivity contribution in [1.82, 2.24) is 9.55 Å². The van der Waals surface area contributed by atoms with Gasteiger partial charge >= 0.3 is 5.69 Å². The first-order chi connectivity index (χ1) is 9.55. The number of nitrogens with zero attached hydrogens (tertiary/aromatic N) is 1. The minimum Gasteiger partial charge on any atom is -0.496 e. The van der Waals surface area contributed by atoms with E-state index in [-0.39, 0.29) is 12.1 Å². The smallest absolute Gasteiger partial charge is 0.328 e. The first-order valence-electron chi connectivity index (χ1n) is 6.20. The summed E-state index contributed by atoms with van der Waals surface area (Å²) in [5, 5.41) is 0.564. The molecule has 2 rings (SSSR count). The Kier molecular flexibility index (Phi) is 4.29. The Labute approximate surface area is 120 Å². The Balaban J connectivity index is 2.47. The molecule has 5 nitrogen and oxygen atoms in total. The normalized spacial score (nSPS) is 10.6. The zero-order valence-corrected chi connectivity index (χ0v) is 12.0. The molecule has 0 aliphatic carbocycles. The molecule has 1 aromatic carbocycles. The minimum atomic E-state index is -0.450. The van der Waals surface area contributed by atoms with Crippen LogP contribution in [0.4, 0.5) is 0 Å². The number of halogens is 1. The van der Waals surface area contributed by atoms with Crippen molar-refractivity contribution in [3.63, 3.8) is 0 Å². The molecule has 0 amide bonds. The second-order valence-corrected chi connectivity index (χ2v) is 4.79. The second-order valence-electron chi connectivity index (χ2n) is 4.35. The number of aromatic amines is 1. The molecule has 0 atom stereocenters. The van der Waals surface area contributed by atoms with Gasteiger partial charge in [0.05, 0.1) is 13.7 Å². The third-order valence-electron chi connectivity index (χ3n) is 3.05. The van der Waals surface area contributed by atoms with Crippen LogP contribution in [0, 0.1) is 0 Å². The number of H-pyrrole nitrogens is 1. The van der Waals surface area contributed by atoms with Crippen molar-refractivity contribution < 1.29 is 4.74 Å². The summed E-state index contributed by atoms with van der Waals surface area (Å²) >= 11 is 5.96. The van der Waals surface area contributed by atoms with Crippen LogP contribution < -0.4 is 16.0 Å². The molecule has 0 unspecified atom stereocenters. The maximum absolute atomic E-state index is 11.8. The standard InChI is InChI=1S/C14H15ClN2O3/c1-3-9-7-17(14(19)16-13(9)18)8-10-6-11(15)4-5-12(10)20-2/h4-7H,3,8H2,1-2H3,(H,16,18,19). The molecule has 0 aliphatic rings. The van der Waals surface area contributed by atoms with Gasteiger partial charge in [0.25, 0.3) is 5.56 Å². The van der Waals surface area contributed by atoms with Gasteiger partial charge in [-0.3, -0.25) is 14.3 Å². The van der Waals surface area contributed by atoms with Crippen LogP contribution >= 0.6 is 11.6 Å². The average molecular weight is 295 g/mol. The summed E-state index contributed by atoms with van der Waals surface area (Å²) in [7, 11) is 1.56. The molecule has 20 heavy (non-hydrogen) atoms. The van der Waals surface area contributed by atoms with Crippen molar-refractivity contribution >= 4 is 11.6 Å². The lowest BCUT2D eigenvalue weighted by molar-refractivity contribution is 0.408. The van der Waals surface area contributed by atoms with Crippen molar-refractivity contribution in [3.05, 3.63) is 61.4 Å². The van der Waals surface area contributed by atoms with Crippen LogP contribution in [0.15, 0.2) is 34.0 Å². The Hall–Kier alpha value is -2.01. The molecule has 0 aliphatic heterocycles. The van der Waals surface area contributed by atoms with E-state index in [1.807, 2.05) is 6.92 Å². The third-order valence-corrected chi connectivity index (χ3v) is 3.28. The van der Waals surface area contributed by atoms with Crippen LogP contribution in [0.2, 0.25) is 5.02 Å². The Morgan fingerprint density at radius 2 is 2.05 bits per heavy atom. The summed E-state index contributed by atoms with van der Waals surface area (Å²) in [4.78, 5) is 25.7. The van der Waals surface area contributed by atoms with Crippen molar-refractivity contribution in [3.8, 4) is 5.75 Å². The largest absolute Gasteiger partial charge is 0.496 e. The second kappa shape index (κ2) is 5.96. The Morgan fingerprint density at radius 1 is 1.30 bits per heavy atom. The number of hydrogen-bond donors (Lipinski definition) is 1. The highest BCUT2D eigenvalue weighted by Gasteiger charge is 2.08. The number of aryl methyl sites for hydroxylation is 1. The van der Waals surface area contributed by atoms with Gasteiger partial charge in [-0.1, -0.05) is 18.5 Å². The highest BCUT2D eigenvalue weighted by Crippen LogP contribution is 2.23. The van der Waals surface area contributed by atoms with Crippen molar-refractivity contribution in [2.24, 2.45) is 0 Å². The topological polar surface area (TPSA) is 64.1 Å². The highest BCUT2D eigenvalue weighted by molar-refractivity contribution is 6.30. The molecule has 2 aromatic rings. The SMILES string of the molecule is CCc1cn(Cc2cc(Cl)ccc2OC)c(=O)[nH]c1=O. The van der Waals surface area contributed by atoms with Crippen LogP contribution in [0.5, 0.6) is 5.75 Å². The number of hydrogen-bond acceptors (Lipinski definition) is 3. The molecule has 1 N–H and O–H groups in total. The number of rotatable bonds is 4. The van der Waals surface area contributed by atoms with Gasteiger partial charge in [-0.15, -0.1) is 0 Å². The summed E-state index contributed by atoms with van der Waals surface area (Å²) in [6.07, 6.45) is 2.13. The molecule has 0 saturated carbocycles. The predicted molar refractivity (Wildman–Crippen MR) is 77.8 cm³/mol. The summed E-state index contributed by atoms with van der Waals surface area (Å²) in [6, 6.07) is 5.20. The van der Waals surface area contributed by atoms with Gasteiger partial charge < -0.3 is 4.74 Å². The van der Waals surface area contributed by atoms with Crippen molar-refractivity contribution in [2.75, 3.05) is 7.11 Å². The van der Waals surface area contributed by atoms with Gasteiger partial charge in [-0.2, -0.15) is 0 Å². The van der Waals surface area contributed by atoms with Gasteiger partial charge in [0, 0.05) is 22.3 Å². The fourth-order valence-corrected chi connectivity index (χ4v) is 2.17. The number of benzene rings is 1. The lowest BCUT2D eigenvalue weighted by atomic mass is 10.2. The van der Waals surface area contributed by atoms with Gasteiger partial charge in [0.1, 0.15) is 5.75 Å². The van der Waals surface area contributed by atoms with Gasteiger partial charge in [0.2, 0.25) is 0 Å². The van der Waals surface area contributed by atoms with E-state index in [4.69, 9.17) is 16.3 Å². The summed E-state index contributed by atoms with van der Waals surface area (Å²) in [5.74, 6) is 0.644. The molecule has 0 saturated heterocycles. The molecular formula is C14H15ClN2O3. The lowest BCUT2D eigenvalue weighted by Gasteiger charge is -2.11. The van der Waals surface area contributed by atoms with E-state index in [2.05, 4.69) is 4.98 Å². The monoisotopic (exact) mass is 294 g/mol. The van der Waals surface area contributed by atoms with Crippen molar-refractivity contribution in [2.45, 2.75) is 19.9 Å². The van der Waals surface area contributed by atoms with E-state index in [0.29, 0.717) is 22.8 Å². The molecule has 106 valence electrons. The molecule has 1 heterocycles. The minimum absolute atomic E-state index is 0.284. The maximum Gasteiger partial charge on any atom is 0.328 e. The zero-order chi connectivity index (χ0) is 14.7. The number of ether oxygens (including phenoxy) is 1. The van der Waals surface area contributed by atoms with Gasteiger partial charge in [-0.25, -0.2) is 4.79 Å². The first-order valence-corrected chi connectivity index (χ1v) is 6.58. The Morgan fingerprint density at radius 3 is 2.70 bits per heavy atom. The summed E-state index contributed by atoms with van der Waals surface area (Å²) < 4.78 is 6.69. The van der Waals surface area contributed by atoms with E-state index in [0.717, 1.165) is 5.56 Å². The molecule has 0 bridgehead atoms. The van der Waals surface area contributed by atoms with Crippen LogP contribution in [0.3, 0.4) is 0 Å². The van der Waals surface area contributed by atoms with Crippen LogP contribution in [-0.4, -0.2) is 16.7 Å².